The molecule has 7 nitrogen and oxygen atoms in total. The van der Waals surface area contributed by atoms with E-state index >= 15 is 0 Å². The zero-order valence-corrected chi connectivity index (χ0v) is 20.4. The maximum Gasteiger partial charge on any atom is 0.408 e. The average Bonchev–Trinajstić information content (AvgIpc) is 3.29. The minimum absolute atomic E-state index is 0.230. The molecule has 2 unspecified atom stereocenters. The Morgan fingerprint density at radius 3 is 1.91 bits per heavy atom. The summed E-state index contributed by atoms with van der Waals surface area (Å²) in [6, 6.07) is 1.51. The van der Waals surface area contributed by atoms with Crippen LogP contribution in [0, 0.1) is 0 Å². The number of amides is 1. The Kier molecular flexibility index (Phi) is 17.6. The second-order valence-electron chi connectivity index (χ2n) is 8.69. The number of hydrogen-bond donors (Lipinski definition) is 1. The lowest BCUT2D eigenvalue weighted by atomic mass is 10.0. The van der Waals surface area contributed by atoms with Crippen molar-refractivity contribution in [3.05, 3.63) is 12.3 Å². The molecule has 184 valence electrons. The fourth-order valence-electron chi connectivity index (χ4n) is 3.62. The standard InChI is InChI=1S/C25H45N3O4/c1-3-4-5-6-7-8-9-10-11-12-13-14-15-16-17-18-20-27-25(29)32-24(26)22(2)31-23-19-21-30-28-23/h19,21-22,24H,3-18,20H2,1-2H3,(H,27,29). The van der Waals surface area contributed by atoms with Gasteiger partial charge >= 0.3 is 6.09 Å². The highest BCUT2D eigenvalue weighted by molar-refractivity contribution is 5.67. The van der Waals surface area contributed by atoms with Gasteiger partial charge in [-0.15, -0.1) is 0 Å². The van der Waals surface area contributed by atoms with Gasteiger partial charge in [-0.25, -0.2) is 4.79 Å². The van der Waals surface area contributed by atoms with Crippen molar-refractivity contribution in [1.82, 2.24) is 16.2 Å². The molecule has 0 aromatic carbocycles. The van der Waals surface area contributed by atoms with Crippen LogP contribution in [0.1, 0.15) is 117 Å². The van der Waals surface area contributed by atoms with E-state index in [2.05, 4.69) is 21.9 Å². The van der Waals surface area contributed by atoms with E-state index in [0.29, 0.717) is 6.54 Å². The highest BCUT2D eigenvalue weighted by atomic mass is 16.6. The molecule has 1 aromatic rings. The zero-order valence-electron chi connectivity index (χ0n) is 20.4. The summed E-state index contributed by atoms with van der Waals surface area (Å²) >= 11 is 0. The molecule has 32 heavy (non-hydrogen) atoms. The molecule has 1 N–H and O–H groups in total. The van der Waals surface area contributed by atoms with E-state index < -0.39 is 18.4 Å². The number of unbranched alkanes of at least 4 members (excludes halogenated alkanes) is 15. The molecule has 1 aromatic heterocycles. The molecule has 0 aliphatic carbocycles. The van der Waals surface area contributed by atoms with Crippen molar-refractivity contribution >= 4 is 6.09 Å². The first-order valence-electron chi connectivity index (χ1n) is 12.8. The molecule has 1 rings (SSSR count). The van der Waals surface area contributed by atoms with Gasteiger partial charge < -0.3 is 19.3 Å². The third kappa shape index (κ3) is 16.0. The molecule has 0 bridgehead atoms. The predicted octanol–water partition coefficient (Wildman–Crippen LogP) is 6.82. The largest absolute Gasteiger partial charge is 0.467 e. The molecule has 0 aliphatic rings. The van der Waals surface area contributed by atoms with Gasteiger partial charge in [0.1, 0.15) is 6.26 Å². The lowest BCUT2D eigenvalue weighted by Gasteiger charge is -2.18. The van der Waals surface area contributed by atoms with Crippen molar-refractivity contribution < 1.29 is 18.8 Å². The number of rotatable bonds is 21. The summed E-state index contributed by atoms with van der Waals surface area (Å²) < 4.78 is 14.9. The first-order chi connectivity index (χ1) is 15.6. The Labute approximate surface area is 195 Å². The third-order valence-electron chi connectivity index (χ3n) is 5.65. The van der Waals surface area contributed by atoms with Crippen LogP contribution >= 0.6 is 0 Å². The number of carbonyl (C=O) groups is 1. The first-order valence-corrected chi connectivity index (χ1v) is 12.8. The van der Waals surface area contributed by atoms with Gasteiger partial charge in [-0.1, -0.05) is 109 Å². The lowest BCUT2D eigenvalue weighted by molar-refractivity contribution is 0.0203. The Hall–Kier alpha value is -1.76. The van der Waals surface area contributed by atoms with Crippen LogP contribution in [-0.4, -0.2) is 30.1 Å². The van der Waals surface area contributed by atoms with Gasteiger partial charge in [-0.2, -0.15) is 0 Å². The Bertz CT molecular complexity index is 539. The highest BCUT2D eigenvalue weighted by Crippen LogP contribution is 2.14. The van der Waals surface area contributed by atoms with Crippen molar-refractivity contribution in [2.24, 2.45) is 0 Å². The summed E-state index contributed by atoms with van der Waals surface area (Å²) in [5.41, 5.74) is 9.86. The Morgan fingerprint density at radius 2 is 1.44 bits per heavy atom. The van der Waals surface area contributed by atoms with E-state index in [1.54, 1.807) is 6.92 Å². The van der Waals surface area contributed by atoms with Crippen LogP contribution in [-0.2, 0) is 4.74 Å². The molecule has 1 heterocycles. The van der Waals surface area contributed by atoms with E-state index in [4.69, 9.17) is 9.47 Å². The maximum absolute atomic E-state index is 11.7. The van der Waals surface area contributed by atoms with Gasteiger partial charge in [0.05, 0.1) is 0 Å². The van der Waals surface area contributed by atoms with Gasteiger partial charge in [0.15, 0.2) is 6.10 Å². The zero-order chi connectivity index (χ0) is 23.3. The number of nitrogens with zero attached hydrogens (tertiary/aromatic N) is 2. The van der Waals surface area contributed by atoms with E-state index in [9.17, 15) is 10.5 Å². The van der Waals surface area contributed by atoms with Crippen LogP contribution in [0.4, 0.5) is 4.79 Å². The van der Waals surface area contributed by atoms with Gasteiger partial charge in [0, 0.05) is 12.6 Å². The Morgan fingerprint density at radius 1 is 0.938 bits per heavy atom. The summed E-state index contributed by atoms with van der Waals surface area (Å²) in [4.78, 5) is 11.7. The number of hydrogen-bond acceptors (Lipinski definition) is 5. The van der Waals surface area contributed by atoms with E-state index in [-0.39, 0.29) is 5.88 Å². The molecule has 0 saturated carbocycles. The van der Waals surface area contributed by atoms with Crippen LogP contribution in [0.25, 0.3) is 0 Å². The number of ether oxygens (including phenoxy) is 2. The normalized spacial score (nSPS) is 13.0. The fourth-order valence-corrected chi connectivity index (χ4v) is 3.62. The molecule has 2 radical (unpaired) electrons. The van der Waals surface area contributed by atoms with Gasteiger partial charge in [0.2, 0.25) is 6.23 Å². The van der Waals surface area contributed by atoms with E-state index in [0.717, 1.165) is 12.8 Å². The molecule has 7 heteroatoms. The molecule has 0 fully saturated rings. The van der Waals surface area contributed by atoms with Crippen LogP contribution in [0.3, 0.4) is 0 Å². The number of alkyl carbamates (subject to hydrolysis) is 1. The van der Waals surface area contributed by atoms with Crippen molar-refractivity contribution in [1.29, 1.82) is 0 Å². The average molecular weight is 452 g/mol. The topological polar surface area (TPSA) is 95.9 Å². The molecular formula is C25H45N3O4. The summed E-state index contributed by atoms with van der Waals surface area (Å²) in [5.74, 6) is 0.230. The van der Waals surface area contributed by atoms with Gasteiger partial charge in [-0.05, 0) is 18.5 Å². The molecule has 2 atom stereocenters. The quantitative estimate of drug-likeness (QED) is 0.207. The Balaban J connectivity index is 1.82. The molecule has 1 amide bonds. The van der Waals surface area contributed by atoms with Crippen LogP contribution in [0.15, 0.2) is 16.9 Å². The lowest BCUT2D eigenvalue weighted by Crippen LogP contribution is -2.38. The summed E-state index contributed by atoms with van der Waals surface area (Å²) in [6.45, 7) is 4.40. The molecule has 0 aliphatic heterocycles. The SMILES string of the molecule is CCCCCCCCCCCCCCCCCCNC(=O)OC([N])C(C)Oc1ccon1. The van der Waals surface area contributed by atoms with Gasteiger partial charge in [0.25, 0.3) is 5.88 Å². The smallest absolute Gasteiger partial charge is 0.408 e. The molecule has 0 saturated heterocycles. The van der Waals surface area contributed by atoms with Crippen LogP contribution in [0.5, 0.6) is 5.88 Å². The predicted molar refractivity (Wildman–Crippen MR) is 127 cm³/mol. The van der Waals surface area contributed by atoms with Crippen molar-refractivity contribution in [3.63, 3.8) is 0 Å². The van der Waals surface area contributed by atoms with Crippen LogP contribution in [0.2, 0.25) is 0 Å². The third-order valence-corrected chi connectivity index (χ3v) is 5.65. The highest BCUT2D eigenvalue weighted by Gasteiger charge is 2.21. The fraction of sp³-hybridized carbons (Fsp3) is 0.840. The summed E-state index contributed by atoms with van der Waals surface area (Å²) in [6.07, 6.45) is 19.7. The number of carbonyl (C=O) groups excluding carboxylic acids is 1. The van der Waals surface area contributed by atoms with Crippen molar-refractivity contribution in [2.45, 2.75) is 129 Å². The van der Waals surface area contributed by atoms with Crippen LogP contribution < -0.4 is 15.8 Å². The molecular weight excluding hydrogens is 406 g/mol. The maximum atomic E-state index is 11.7. The first kappa shape index (κ1) is 28.3. The number of aromatic nitrogens is 1. The second-order valence-corrected chi connectivity index (χ2v) is 8.69. The van der Waals surface area contributed by atoms with Gasteiger partial charge in [-0.3, -0.25) is 0 Å². The van der Waals surface area contributed by atoms with Crippen molar-refractivity contribution in [2.75, 3.05) is 6.54 Å². The second kappa shape index (κ2) is 19.9. The van der Waals surface area contributed by atoms with Crippen molar-refractivity contribution in [3.8, 4) is 5.88 Å². The summed E-state index contributed by atoms with van der Waals surface area (Å²) in [5, 5.41) is 6.25. The minimum Gasteiger partial charge on any atom is -0.467 e. The number of nitrogens with one attached hydrogen (secondary N) is 1. The monoisotopic (exact) mass is 451 g/mol. The van der Waals surface area contributed by atoms with E-state index in [1.807, 2.05) is 0 Å². The molecule has 0 spiro atoms. The minimum atomic E-state index is -1.38. The van der Waals surface area contributed by atoms with E-state index in [1.165, 1.54) is 102 Å². The summed E-state index contributed by atoms with van der Waals surface area (Å²) in [7, 11) is 0.